The zero-order valence-corrected chi connectivity index (χ0v) is 15.9. The lowest BCUT2D eigenvalue weighted by Crippen LogP contribution is -2.39. The Morgan fingerprint density at radius 1 is 1.27 bits per heavy atom. The summed E-state index contributed by atoms with van der Waals surface area (Å²) in [5.74, 6) is -0.226. The minimum Gasteiger partial charge on any atom is -0.357 e. The van der Waals surface area contributed by atoms with Crippen LogP contribution in [0.2, 0.25) is 0 Å². The smallest absolute Gasteiger partial charge is 0.193 e. The number of rotatable bonds is 7. The summed E-state index contributed by atoms with van der Waals surface area (Å²) in [4.78, 5) is 6.57. The van der Waals surface area contributed by atoms with Crippen molar-refractivity contribution in [2.75, 3.05) is 26.7 Å². The van der Waals surface area contributed by atoms with E-state index in [0.29, 0.717) is 18.5 Å². The molecule has 0 spiro atoms. The lowest BCUT2D eigenvalue weighted by Gasteiger charge is -2.21. The molecular formula is C16H26F2IN3. The molecule has 1 rings (SSSR count). The van der Waals surface area contributed by atoms with Crippen molar-refractivity contribution in [1.82, 2.24) is 10.2 Å². The third-order valence-corrected chi connectivity index (χ3v) is 3.20. The molecule has 0 unspecified atom stereocenters. The Morgan fingerprint density at radius 2 is 2.00 bits per heavy atom. The fourth-order valence-corrected chi connectivity index (χ4v) is 1.98. The second kappa shape index (κ2) is 11.6. The SMILES string of the molecule is CCCCN(C)C(=NCCc1ccc(F)cc1F)NCC.I. The highest BCUT2D eigenvalue weighted by Crippen LogP contribution is 2.10. The number of halogens is 3. The first kappa shape index (κ1) is 21.1. The summed E-state index contributed by atoms with van der Waals surface area (Å²) in [5, 5.41) is 3.22. The monoisotopic (exact) mass is 425 g/mol. The Hall–Kier alpha value is -0.920. The molecule has 0 aromatic heterocycles. The Balaban J connectivity index is 0.00000441. The van der Waals surface area contributed by atoms with Crippen LogP contribution in [-0.4, -0.2) is 37.5 Å². The highest BCUT2D eigenvalue weighted by atomic mass is 127. The van der Waals surface area contributed by atoms with E-state index in [0.717, 1.165) is 38.0 Å². The number of hydrogen-bond acceptors (Lipinski definition) is 1. The van der Waals surface area contributed by atoms with Gasteiger partial charge in [-0.2, -0.15) is 0 Å². The predicted octanol–water partition coefficient (Wildman–Crippen LogP) is 3.82. The fraction of sp³-hybridized carbons (Fsp3) is 0.562. The van der Waals surface area contributed by atoms with E-state index in [1.807, 2.05) is 14.0 Å². The van der Waals surface area contributed by atoms with Gasteiger partial charge in [-0.25, -0.2) is 8.78 Å². The normalized spacial score (nSPS) is 11.0. The maximum Gasteiger partial charge on any atom is 0.193 e. The number of nitrogens with zero attached hydrogens (tertiary/aromatic N) is 2. The van der Waals surface area contributed by atoms with Crippen LogP contribution in [0.4, 0.5) is 8.78 Å². The van der Waals surface area contributed by atoms with E-state index in [1.165, 1.54) is 12.1 Å². The minimum atomic E-state index is -0.549. The highest BCUT2D eigenvalue weighted by Gasteiger charge is 2.06. The zero-order chi connectivity index (χ0) is 15.7. The molecular weight excluding hydrogens is 399 g/mol. The van der Waals surface area contributed by atoms with Crippen LogP contribution >= 0.6 is 24.0 Å². The molecule has 6 heteroatoms. The number of hydrogen-bond donors (Lipinski definition) is 1. The van der Waals surface area contributed by atoms with E-state index in [4.69, 9.17) is 0 Å². The van der Waals surface area contributed by atoms with Crippen molar-refractivity contribution in [2.45, 2.75) is 33.1 Å². The zero-order valence-electron chi connectivity index (χ0n) is 13.5. The van der Waals surface area contributed by atoms with Gasteiger partial charge in [-0.15, -0.1) is 24.0 Å². The number of guanidine groups is 1. The predicted molar refractivity (Wildman–Crippen MR) is 99.0 cm³/mol. The molecule has 1 N–H and O–H groups in total. The van der Waals surface area contributed by atoms with E-state index >= 15 is 0 Å². The summed E-state index contributed by atoms with van der Waals surface area (Å²) in [5.41, 5.74) is 0.493. The van der Waals surface area contributed by atoms with Crippen molar-refractivity contribution in [3.8, 4) is 0 Å². The quantitative estimate of drug-likeness (QED) is 0.409. The molecule has 3 nitrogen and oxygen atoms in total. The standard InChI is InChI=1S/C16H25F2N3.HI/c1-4-6-11-21(3)16(19-5-2)20-10-9-13-7-8-14(17)12-15(13)18;/h7-8,12H,4-6,9-11H2,1-3H3,(H,19,20);1H. The Morgan fingerprint density at radius 3 is 2.59 bits per heavy atom. The first-order valence-electron chi connectivity index (χ1n) is 7.51. The fourth-order valence-electron chi connectivity index (χ4n) is 1.98. The molecule has 1 aromatic carbocycles. The van der Waals surface area contributed by atoms with Gasteiger partial charge >= 0.3 is 0 Å². The van der Waals surface area contributed by atoms with E-state index in [9.17, 15) is 8.78 Å². The van der Waals surface area contributed by atoms with Gasteiger partial charge in [0.1, 0.15) is 11.6 Å². The van der Waals surface area contributed by atoms with Crippen molar-refractivity contribution in [3.63, 3.8) is 0 Å². The van der Waals surface area contributed by atoms with Crippen molar-refractivity contribution in [3.05, 3.63) is 35.4 Å². The topological polar surface area (TPSA) is 27.6 Å². The molecule has 0 aliphatic heterocycles. The van der Waals surface area contributed by atoms with E-state index < -0.39 is 11.6 Å². The molecule has 0 heterocycles. The van der Waals surface area contributed by atoms with Gasteiger partial charge < -0.3 is 10.2 Å². The van der Waals surface area contributed by atoms with Gasteiger partial charge in [0.25, 0.3) is 0 Å². The molecule has 0 fully saturated rings. The molecule has 22 heavy (non-hydrogen) atoms. The maximum absolute atomic E-state index is 13.5. The molecule has 0 bridgehead atoms. The summed E-state index contributed by atoms with van der Waals surface area (Å²) >= 11 is 0. The van der Waals surface area contributed by atoms with Crippen LogP contribution in [0.1, 0.15) is 32.3 Å². The summed E-state index contributed by atoms with van der Waals surface area (Å²) < 4.78 is 26.4. The number of benzene rings is 1. The average Bonchev–Trinajstić information content (AvgIpc) is 2.46. The number of nitrogens with one attached hydrogen (secondary N) is 1. The second-order valence-electron chi connectivity index (χ2n) is 5.00. The molecule has 0 radical (unpaired) electrons. The van der Waals surface area contributed by atoms with Crippen LogP contribution in [0, 0.1) is 11.6 Å². The molecule has 0 saturated heterocycles. The van der Waals surface area contributed by atoms with Gasteiger partial charge in [-0.05, 0) is 31.4 Å². The van der Waals surface area contributed by atoms with Crippen LogP contribution in [0.25, 0.3) is 0 Å². The second-order valence-corrected chi connectivity index (χ2v) is 5.00. The van der Waals surface area contributed by atoms with Gasteiger partial charge in [0.15, 0.2) is 5.96 Å². The van der Waals surface area contributed by atoms with Crippen molar-refractivity contribution >= 4 is 29.9 Å². The summed E-state index contributed by atoms with van der Waals surface area (Å²) in [7, 11) is 2.00. The average molecular weight is 425 g/mol. The molecule has 0 atom stereocenters. The minimum absolute atomic E-state index is 0. The Labute approximate surface area is 149 Å². The Kier molecular flexibility index (Phi) is 11.1. The van der Waals surface area contributed by atoms with Crippen LogP contribution in [0.5, 0.6) is 0 Å². The lowest BCUT2D eigenvalue weighted by atomic mass is 10.1. The van der Waals surface area contributed by atoms with Gasteiger partial charge in [0.05, 0.1) is 0 Å². The van der Waals surface area contributed by atoms with Crippen molar-refractivity contribution < 1.29 is 8.78 Å². The van der Waals surface area contributed by atoms with E-state index in [1.54, 1.807) is 0 Å². The number of unbranched alkanes of at least 4 members (excludes halogenated alkanes) is 1. The number of aliphatic imine (C=N–C) groups is 1. The van der Waals surface area contributed by atoms with Crippen LogP contribution < -0.4 is 5.32 Å². The maximum atomic E-state index is 13.5. The van der Waals surface area contributed by atoms with E-state index in [-0.39, 0.29) is 24.0 Å². The van der Waals surface area contributed by atoms with Crippen LogP contribution in [0.15, 0.2) is 23.2 Å². The van der Waals surface area contributed by atoms with Gasteiger partial charge in [0, 0.05) is 32.7 Å². The van der Waals surface area contributed by atoms with Gasteiger partial charge in [-0.3, -0.25) is 4.99 Å². The van der Waals surface area contributed by atoms with Crippen LogP contribution in [-0.2, 0) is 6.42 Å². The summed E-state index contributed by atoms with van der Waals surface area (Å²) in [6, 6.07) is 3.67. The van der Waals surface area contributed by atoms with Crippen molar-refractivity contribution in [1.29, 1.82) is 0 Å². The summed E-state index contributed by atoms with van der Waals surface area (Å²) in [6.07, 6.45) is 2.70. The largest absolute Gasteiger partial charge is 0.357 e. The van der Waals surface area contributed by atoms with Gasteiger partial charge in [0.2, 0.25) is 0 Å². The third kappa shape index (κ3) is 7.38. The summed E-state index contributed by atoms with van der Waals surface area (Å²) in [6.45, 7) is 6.37. The molecule has 126 valence electrons. The highest BCUT2D eigenvalue weighted by molar-refractivity contribution is 14.0. The molecule has 0 amide bonds. The van der Waals surface area contributed by atoms with Gasteiger partial charge in [-0.1, -0.05) is 19.4 Å². The Bertz CT molecular complexity index is 467. The molecule has 0 aliphatic rings. The molecule has 0 aliphatic carbocycles. The lowest BCUT2D eigenvalue weighted by molar-refractivity contribution is 0.465. The molecule has 0 saturated carbocycles. The molecule has 1 aromatic rings. The van der Waals surface area contributed by atoms with Crippen molar-refractivity contribution in [2.24, 2.45) is 4.99 Å². The van der Waals surface area contributed by atoms with Crippen LogP contribution in [0.3, 0.4) is 0 Å². The first-order valence-corrected chi connectivity index (χ1v) is 7.51. The van der Waals surface area contributed by atoms with E-state index in [2.05, 4.69) is 22.1 Å². The first-order chi connectivity index (χ1) is 10.1. The third-order valence-electron chi connectivity index (χ3n) is 3.20.